The number of carbonyl (C=O) groups is 2. The third kappa shape index (κ3) is 4.58. The van der Waals surface area contributed by atoms with Gasteiger partial charge in [-0.05, 0) is 37.3 Å². The van der Waals surface area contributed by atoms with E-state index in [9.17, 15) is 14.7 Å². The summed E-state index contributed by atoms with van der Waals surface area (Å²) in [6.07, 6.45) is 0.274. The number of anilines is 1. The Morgan fingerprint density at radius 2 is 1.91 bits per heavy atom. The number of esters is 1. The zero-order valence-electron chi connectivity index (χ0n) is 11.9. The van der Waals surface area contributed by atoms with Crippen LogP contribution in [0.15, 0.2) is 36.5 Å². The van der Waals surface area contributed by atoms with Crippen molar-refractivity contribution in [3.05, 3.63) is 52.1 Å². The van der Waals surface area contributed by atoms with Crippen molar-refractivity contribution in [3.63, 3.8) is 0 Å². The largest absolute Gasteiger partial charge is 0.507 e. The van der Waals surface area contributed by atoms with E-state index in [1.807, 2.05) is 0 Å². The fourth-order valence-corrected chi connectivity index (χ4v) is 1.91. The number of nitrogens with zero attached hydrogens (tertiary/aromatic N) is 1. The van der Waals surface area contributed by atoms with Crippen molar-refractivity contribution in [3.8, 4) is 5.75 Å². The van der Waals surface area contributed by atoms with Gasteiger partial charge in [-0.25, -0.2) is 9.78 Å². The summed E-state index contributed by atoms with van der Waals surface area (Å²) < 4.78 is 5.01. The van der Waals surface area contributed by atoms with Gasteiger partial charge in [-0.1, -0.05) is 23.2 Å². The van der Waals surface area contributed by atoms with E-state index in [-0.39, 0.29) is 22.2 Å². The first-order valence-electron chi connectivity index (χ1n) is 6.48. The molecule has 0 saturated carbocycles. The van der Waals surface area contributed by atoms with E-state index >= 15 is 0 Å². The fraction of sp³-hybridized carbons (Fsp3) is 0.133. The van der Waals surface area contributed by atoms with Gasteiger partial charge in [-0.2, -0.15) is 0 Å². The zero-order chi connectivity index (χ0) is 17.0. The van der Waals surface area contributed by atoms with E-state index in [0.29, 0.717) is 5.02 Å². The maximum atomic E-state index is 12.0. The number of carbonyl (C=O) groups excluding carboxylic acids is 2. The van der Waals surface area contributed by atoms with Gasteiger partial charge in [0.05, 0.1) is 5.02 Å². The number of aromatic hydroxyl groups is 1. The average Bonchev–Trinajstić information content (AvgIpc) is 2.51. The Morgan fingerprint density at radius 3 is 2.57 bits per heavy atom. The molecule has 0 unspecified atom stereocenters. The minimum Gasteiger partial charge on any atom is -0.507 e. The molecular formula is C15H12Cl2N2O4. The van der Waals surface area contributed by atoms with Crippen LogP contribution in [0.4, 0.5) is 5.82 Å². The Balaban J connectivity index is 2.01. The fourth-order valence-electron chi connectivity index (χ4n) is 1.63. The predicted molar refractivity (Wildman–Crippen MR) is 85.9 cm³/mol. The van der Waals surface area contributed by atoms with Gasteiger partial charge in [-0.15, -0.1) is 0 Å². The predicted octanol–water partition coefficient (Wildman–Crippen LogP) is 3.28. The molecule has 0 fully saturated rings. The summed E-state index contributed by atoms with van der Waals surface area (Å²) in [5, 5.41) is 12.8. The molecule has 0 bridgehead atoms. The quantitative estimate of drug-likeness (QED) is 0.822. The molecule has 1 aromatic carbocycles. The topological polar surface area (TPSA) is 88.5 Å². The number of halogens is 2. The lowest BCUT2D eigenvalue weighted by molar-refractivity contribution is -0.123. The van der Waals surface area contributed by atoms with Crippen molar-refractivity contribution in [2.75, 3.05) is 5.32 Å². The molecule has 1 heterocycles. The van der Waals surface area contributed by atoms with Gasteiger partial charge in [0.15, 0.2) is 6.10 Å². The van der Waals surface area contributed by atoms with Gasteiger partial charge < -0.3 is 15.2 Å². The molecule has 0 spiro atoms. The van der Waals surface area contributed by atoms with E-state index in [0.717, 1.165) is 0 Å². The first kappa shape index (κ1) is 17.1. The summed E-state index contributed by atoms with van der Waals surface area (Å²) in [5.74, 6) is -1.45. The molecule has 8 heteroatoms. The van der Waals surface area contributed by atoms with Crippen LogP contribution >= 0.6 is 23.2 Å². The number of hydrogen-bond donors (Lipinski definition) is 2. The smallest absolute Gasteiger partial charge is 0.342 e. The number of amides is 1. The molecule has 0 aliphatic heterocycles. The molecule has 2 N–H and O–H groups in total. The highest BCUT2D eigenvalue weighted by Gasteiger charge is 2.21. The van der Waals surface area contributed by atoms with Crippen molar-refractivity contribution >= 4 is 40.9 Å². The van der Waals surface area contributed by atoms with Crippen LogP contribution in [0.2, 0.25) is 10.0 Å². The van der Waals surface area contributed by atoms with E-state index in [4.69, 9.17) is 27.9 Å². The lowest BCUT2D eigenvalue weighted by Crippen LogP contribution is -2.30. The maximum absolute atomic E-state index is 12.0. The zero-order valence-corrected chi connectivity index (χ0v) is 13.4. The van der Waals surface area contributed by atoms with Gasteiger partial charge in [-0.3, -0.25) is 4.79 Å². The van der Waals surface area contributed by atoms with E-state index < -0.39 is 18.0 Å². The van der Waals surface area contributed by atoms with Crippen LogP contribution in [0.25, 0.3) is 0 Å². The number of rotatable bonds is 4. The SMILES string of the molecule is C[C@H](OC(=O)c1cc(Cl)ccc1O)C(=O)Nc1ccc(Cl)cn1. The molecule has 120 valence electrons. The molecule has 0 aliphatic carbocycles. The molecule has 2 rings (SSSR count). The molecule has 0 aliphatic rings. The van der Waals surface area contributed by atoms with Gasteiger partial charge >= 0.3 is 5.97 Å². The molecule has 1 aromatic heterocycles. The van der Waals surface area contributed by atoms with Crippen LogP contribution in [-0.4, -0.2) is 28.1 Å². The van der Waals surface area contributed by atoms with Crippen LogP contribution in [0.5, 0.6) is 5.75 Å². The Kier molecular flexibility index (Phi) is 5.41. The van der Waals surface area contributed by atoms with Gasteiger partial charge in [0.25, 0.3) is 5.91 Å². The highest BCUT2D eigenvalue weighted by molar-refractivity contribution is 6.31. The number of nitrogens with one attached hydrogen (secondary N) is 1. The summed E-state index contributed by atoms with van der Waals surface area (Å²) in [6, 6.07) is 7.02. The number of hydrogen-bond acceptors (Lipinski definition) is 5. The first-order valence-corrected chi connectivity index (χ1v) is 7.24. The van der Waals surface area contributed by atoms with E-state index in [1.54, 1.807) is 6.07 Å². The van der Waals surface area contributed by atoms with Crippen LogP contribution in [0, 0.1) is 0 Å². The van der Waals surface area contributed by atoms with E-state index in [2.05, 4.69) is 10.3 Å². The second-order valence-corrected chi connectivity index (χ2v) is 5.43. The number of ether oxygens (including phenoxy) is 1. The van der Waals surface area contributed by atoms with Crippen molar-refractivity contribution in [1.82, 2.24) is 4.98 Å². The molecule has 0 radical (unpaired) electrons. The normalized spacial score (nSPS) is 11.6. The third-order valence-corrected chi connectivity index (χ3v) is 3.27. The first-order chi connectivity index (χ1) is 10.9. The molecule has 23 heavy (non-hydrogen) atoms. The molecule has 1 amide bonds. The number of phenolic OH excluding ortho intramolecular Hbond substituents is 1. The highest BCUT2D eigenvalue weighted by Crippen LogP contribution is 2.22. The molecule has 0 saturated heterocycles. The summed E-state index contributed by atoms with van der Waals surface area (Å²) in [6.45, 7) is 1.39. The molecule has 6 nitrogen and oxygen atoms in total. The van der Waals surface area contributed by atoms with Crippen molar-refractivity contribution in [2.45, 2.75) is 13.0 Å². The maximum Gasteiger partial charge on any atom is 0.342 e. The van der Waals surface area contributed by atoms with E-state index in [1.165, 1.54) is 37.4 Å². The van der Waals surface area contributed by atoms with Gasteiger partial charge in [0, 0.05) is 11.2 Å². The van der Waals surface area contributed by atoms with Crippen LogP contribution in [-0.2, 0) is 9.53 Å². The van der Waals surface area contributed by atoms with Gasteiger partial charge in [0.1, 0.15) is 17.1 Å². The summed E-state index contributed by atoms with van der Waals surface area (Å²) >= 11 is 11.5. The minimum atomic E-state index is -1.10. The van der Waals surface area contributed by atoms with Crippen LogP contribution < -0.4 is 5.32 Å². The van der Waals surface area contributed by atoms with Crippen molar-refractivity contribution < 1.29 is 19.4 Å². The second kappa shape index (κ2) is 7.30. The highest BCUT2D eigenvalue weighted by atomic mass is 35.5. The summed E-state index contributed by atoms with van der Waals surface area (Å²) in [7, 11) is 0. The summed E-state index contributed by atoms with van der Waals surface area (Å²) in [4.78, 5) is 27.8. The molecule has 1 atom stereocenters. The van der Waals surface area contributed by atoms with Gasteiger partial charge in [0.2, 0.25) is 0 Å². The standard InChI is InChI=1S/C15H12Cl2N2O4/c1-8(14(21)19-13-5-3-10(17)7-18-13)23-15(22)11-6-9(16)2-4-12(11)20/h2-8,20H,1H3,(H,18,19,21)/t8-/m0/s1. The third-order valence-electron chi connectivity index (χ3n) is 2.81. The van der Waals surface area contributed by atoms with Crippen LogP contribution in [0.3, 0.4) is 0 Å². The lowest BCUT2D eigenvalue weighted by Gasteiger charge is -2.13. The Morgan fingerprint density at radius 1 is 1.22 bits per heavy atom. The number of benzene rings is 1. The number of aromatic nitrogens is 1. The average molecular weight is 355 g/mol. The minimum absolute atomic E-state index is 0.123. The number of pyridine rings is 1. The number of phenols is 1. The molecule has 2 aromatic rings. The van der Waals surface area contributed by atoms with Crippen molar-refractivity contribution in [1.29, 1.82) is 0 Å². The van der Waals surface area contributed by atoms with Crippen molar-refractivity contribution in [2.24, 2.45) is 0 Å². The lowest BCUT2D eigenvalue weighted by atomic mass is 10.2. The Bertz CT molecular complexity index is 735. The molecular weight excluding hydrogens is 343 g/mol. The Labute approximate surface area is 142 Å². The van der Waals surface area contributed by atoms with Crippen LogP contribution in [0.1, 0.15) is 17.3 Å². The second-order valence-electron chi connectivity index (χ2n) is 4.56. The Hall–Kier alpha value is -2.31. The summed E-state index contributed by atoms with van der Waals surface area (Å²) in [5.41, 5.74) is -0.123. The monoisotopic (exact) mass is 354 g/mol.